The zero-order chi connectivity index (χ0) is 15.0. The number of nitrogens with zero attached hydrogens (tertiary/aromatic N) is 1. The molecule has 21 heavy (non-hydrogen) atoms. The van der Waals surface area contributed by atoms with Crippen LogP contribution in [0.3, 0.4) is 0 Å². The van der Waals surface area contributed by atoms with Crippen molar-refractivity contribution in [2.75, 3.05) is 0 Å². The highest BCUT2D eigenvalue weighted by molar-refractivity contribution is 9.10. The fraction of sp³-hybridized carbons (Fsp3) is 0.188. The Morgan fingerprint density at radius 2 is 1.95 bits per heavy atom. The fourth-order valence-electron chi connectivity index (χ4n) is 2.39. The molecule has 2 aromatic rings. The van der Waals surface area contributed by atoms with Gasteiger partial charge in [-0.05, 0) is 51.8 Å². The topological polar surface area (TPSA) is 46.5 Å². The average molecular weight is 364 g/mol. The van der Waals surface area contributed by atoms with Gasteiger partial charge in [-0.15, -0.1) is 0 Å². The summed E-state index contributed by atoms with van der Waals surface area (Å²) in [7, 11) is -3.50. The van der Waals surface area contributed by atoms with Gasteiger partial charge in [0.25, 0.3) is 0 Å². The van der Waals surface area contributed by atoms with Crippen molar-refractivity contribution in [3.63, 3.8) is 0 Å². The Kier molecular flexibility index (Phi) is 3.71. The molecule has 0 radical (unpaired) electrons. The summed E-state index contributed by atoms with van der Waals surface area (Å²) in [4.78, 5) is 4.72. The van der Waals surface area contributed by atoms with Gasteiger partial charge in [-0.3, -0.25) is 4.99 Å². The molecule has 0 aromatic heterocycles. The zero-order valence-corrected chi connectivity index (χ0v) is 13.9. The van der Waals surface area contributed by atoms with Crippen molar-refractivity contribution in [2.24, 2.45) is 4.99 Å². The first-order chi connectivity index (χ1) is 9.98. The molecular weight excluding hydrogens is 350 g/mol. The van der Waals surface area contributed by atoms with Crippen LogP contribution in [0.15, 0.2) is 56.8 Å². The number of benzene rings is 2. The second kappa shape index (κ2) is 5.39. The molecule has 0 fully saturated rings. The number of sulfone groups is 1. The Labute approximate surface area is 132 Å². The number of hydrogen-bond acceptors (Lipinski definition) is 3. The Morgan fingerprint density at radius 1 is 1.19 bits per heavy atom. The van der Waals surface area contributed by atoms with Crippen LogP contribution in [0.5, 0.6) is 0 Å². The molecule has 2 aromatic carbocycles. The summed E-state index contributed by atoms with van der Waals surface area (Å²) in [5.74, 6) is 0. The van der Waals surface area contributed by atoms with Crippen molar-refractivity contribution in [1.29, 1.82) is 0 Å². The highest BCUT2D eigenvalue weighted by Gasteiger charge is 2.28. The standard InChI is InChI=1S/C16H14BrNO2S/c1-11-6-8-15(13(17)10-11)21(19,20)16-9-7-12-4-2-3-5-14(12)18-16/h2-8,10,16H,9H2,1H3. The summed E-state index contributed by atoms with van der Waals surface area (Å²) in [5.41, 5.74) is 1.01. The maximum Gasteiger partial charge on any atom is 0.202 e. The Balaban J connectivity index is 2.10. The second-order valence-corrected chi connectivity index (χ2v) is 7.99. The first-order valence-electron chi connectivity index (χ1n) is 6.61. The molecule has 1 aliphatic rings. The lowest BCUT2D eigenvalue weighted by atomic mass is 10.2. The van der Waals surface area contributed by atoms with Crippen LogP contribution in [-0.4, -0.2) is 13.8 Å². The lowest BCUT2D eigenvalue weighted by Crippen LogP contribution is -2.34. The number of para-hydroxylation sites is 1. The van der Waals surface area contributed by atoms with Crippen LogP contribution in [0.1, 0.15) is 12.0 Å². The van der Waals surface area contributed by atoms with Gasteiger partial charge in [0.1, 0.15) is 0 Å². The van der Waals surface area contributed by atoms with E-state index in [1.54, 1.807) is 12.1 Å². The van der Waals surface area contributed by atoms with Crippen LogP contribution in [0.4, 0.5) is 0 Å². The molecule has 1 heterocycles. The predicted octanol–water partition coefficient (Wildman–Crippen LogP) is 2.36. The molecule has 108 valence electrons. The molecule has 0 bridgehead atoms. The third-order valence-corrected chi connectivity index (χ3v) is 6.41. The van der Waals surface area contributed by atoms with Crippen molar-refractivity contribution < 1.29 is 8.42 Å². The molecule has 1 unspecified atom stereocenters. The SMILES string of the molecule is Cc1ccc(S(=O)(=O)C2CC=c3ccccc3=N2)c(Br)c1. The summed E-state index contributed by atoms with van der Waals surface area (Å²) in [5, 5.41) is 0.971. The van der Waals surface area contributed by atoms with Gasteiger partial charge >= 0.3 is 0 Å². The largest absolute Gasteiger partial charge is 0.265 e. The second-order valence-electron chi connectivity index (χ2n) is 5.06. The van der Waals surface area contributed by atoms with Crippen molar-refractivity contribution in [3.8, 4) is 0 Å². The van der Waals surface area contributed by atoms with Crippen LogP contribution in [0.25, 0.3) is 6.08 Å². The van der Waals surface area contributed by atoms with Crippen LogP contribution in [0.2, 0.25) is 0 Å². The number of fused-ring (bicyclic) bond motifs is 1. The van der Waals surface area contributed by atoms with E-state index in [-0.39, 0.29) is 0 Å². The molecule has 0 saturated carbocycles. The van der Waals surface area contributed by atoms with Gasteiger partial charge in [-0.1, -0.05) is 30.3 Å². The quantitative estimate of drug-likeness (QED) is 0.822. The van der Waals surface area contributed by atoms with Crippen molar-refractivity contribution in [2.45, 2.75) is 23.6 Å². The summed E-state index contributed by atoms with van der Waals surface area (Å²) < 4.78 is 26.2. The first kappa shape index (κ1) is 14.5. The van der Waals surface area contributed by atoms with E-state index in [0.29, 0.717) is 15.8 Å². The maximum absolute atomic E-state index is 12.8. The van der Waals surface area contributed by atoms with E-state index in [9.17, 15) is 8.42 Å². The van der Waals surface area contributed by atoms with E-state index in [1.807, 2.05) is 43.3 Å². The molecular formula is C16H14BrNO2S. The minimum atomic E-state index is -3.50. The molecule has 1 aliphatic heterocycles. The summed E-state index contributed by atoms with van der Waals surface area (Å²) in [6.07, 6.45) is 2.34. The lowest BCUT2D eigenvalue weighted by Gasteiger charge is -2.16. The molecule has 0 saturated heterocycles. The number of hydrogen-bond donors (Lipinski definition) is 0. The van der Waals surface area contributed by atoms with Crippen molar-refractivity contribution >= 4 is 31.8 Å². The molecule has 0 spiro atoms. The molecule has 3 rings (SSSR count). The number of halogens is 1. The Hall–Kier alpha value is -1.46. The predicted molar refractivity (Wildman–Crippen MR) is 86.2 cm³/mol. The third-order valence-electron chi connectivity index (χ3n) is 3.51. The van der Waals surface area contributed by atoms with Gasteiger partial charge in [0.15, 0.2) is 5.37 Å². The molecule has 3 nitrogen and oxygen atoms in total. The Bertz CT molecular complexity index is 920. The fourth-order valence-corrected chi connectivity index (χ4v) is 5.05. The van der Waals surface area contributed by atoms with Crippen LogP contribution in [0, 0.1) is 6.92 Å². The lowest BCUT2D eigenvalue weighted by molar-refractivity contribution is 0.579. The third kappa shape index (κ3) is 2.68. The monoisotopic (exact) mass is 363 g/mol. The molecule has 5 heteroatoms. The van der Waals surface area contributed by atoms with Gasteiger partial charge in [-0.25, -0.2) is 8.42 Å². The van der Waals surface area contributed by atoms with E-state index in [1.165, 1.54) is 0 Å². The summed E-state index contributed by atoms with van der Waals surface area (Å²) in [6.45, 7) is 1.93. The maximum atomic E-state index is 12.8. The van der Waals surface area contributed by atoms with Gasteiger partial charge in [0, 0.05) is 10.9 Å². The van der Waals surface area contributed by atoms with Crippen molar-refractivity contribution in [3.05, 3.63) is 63.1 Å². The first-order valence-corrected chi connectivity index (χ1v) is 8.95. The van der Waals surface area contributed by atoms with Gasteiger partial charge in [0.05, 0.1) is 10.3 Å². The molecule has 0 N–H and O–H groups in total. The van der Waals surface area contributed by atoms with E-state index in [4.69, 9.17) is 0 Å². The normalized spacial score (nSPS) is 17.5. The van der Waals surface area contributed by atoms with E-state index < -0.39 is 15.2 Å². The van der Waals surface area contributed by atoms with Crippen LogP contribution < -0.4 is 10.6 Å². The van der Waals surface area contributed by atoms with E-state index >= 15 is 0 Å². The highest BCUT2D eigenvalue weighted by atomic mass is 79.9. The van der Waals surface area contributed by atoms with Gasteiger partial charge in [-0.2, -0.15) is 0 Å². The van der Waals surface area contributed by atoms with E-state index in [2.05, 4.69) is 20.9 Å². The summed E-state index contributed by atoms with van der Waals surface area (Å²) >= 11 is 3.35. The smallest absolute Gasteiger partial charge is 0.202 e. The molecule has 1 atom stereocenters. The molecule has 0 aliphatic carbocycles. The average Bonchev–Trinajstić information content (AvgIpc) is 2.46. The number of rotatable bonds is 2. The highest BCUT2D eigenvalue weighted by Crippen LogP contribution is 2.28. The van der Waals surface area contributed by atoms with Gasteiger partial charge in [0.2, 0.25) is 9.84 Å². The minimum absolute atomic E-state index is 0.301. The minimum Gasteiger partial charge on any atom is -0.265 e. The van der Waals surface area contributed by atoms with Crippen LogP contribution in [-0.2, 0) is 9.84 Å². The van der Waals surface area contributed by atoms with Gasteiger partial charge < -0.3 is 0 Å². The zero-order valence-electron chi connectivity index (χ0n) is 11.5. The summed E-state index contributed by atoms with van der Waals surface area (Å²) in [6, 6.07) is 12.8. The Morgan fingerprint density at radius 3 is 2.71 bits per heavy atom. The molecule has 0 amide bonds. The van der Waals surface area contributed by atoms with E-state index in [0.717, 1.165) is 16.1 Å². The van der Waals surface area contributed by atoms with Crippen LogP contribution >= 0.6 is 15.9 Å². The van der Waals surface area contributed by atoms with Crippen molar-refractivity contribution in [1.82, 2.24) is 0 Å². The number of aryl methyl sites for hydroxylation is 1.